The number of nitrogens with zero attached hydrogens (tertiary/aromatic N) is 1. The van der Waals surface area contributed by atoms with Crippen molar-refractivity contribution in [3.8, 4) is 11.5 Å². The molecule has 0 atom stereocenters. The van der Waals surface area contributed by atoms with Gasteiger partial charge in [0, 0.05) is 23.1 Å². The molecule has 0 aromatic heterocycles. The molecule has 0 saturated carbocycles. The highest BCUT2D eigenvalue weighted by atomic mass is 35.5. The first-order chi connectivity index (χ1) is 16.8. The monoisotopic (exact) mass is 509 g/mol. The first-order valence-electron chi connectivity index (χ1n) is 10.9. The lowest BCUT2D eigenvalue weighted by Gasteiger charge is -2.30. The highest BCUT2D eigenvalue weighted by molar-refractivity contribution is 6.35. The van der Waals surface area contributed by atoms with Crippen LogP contribution in [0.5, 0.6) is 11.5 Å². The number of benzene rings is 3. The lowest BCUT2D eigenvalue weighted by atomic mass is 9.98. The van der Waals surface area contributed by atoms with Crippen LogP contribution in [0.1, 0.15) is 43.0 Å². The van der Waals surface area contributed by atoms with Gasteiger partial charge < -0.3 is 14.2 Å². The summed E-state index contributed by atoms with van der Waals surface area (Å²) in [5.41, 5.74) is 4.24. The lowest BCUT2D eigenvalue weighted by molar-refractivity contribution is 0.0600. The van der Waals surface area contributed by atoms with Gasteiger partial charge in [-0.05, 0) is 60.0 Å². The Labute approximate surface area is 212 Å². The average Bonchev–Trinajstić information content (AvgIpc) is 3.18. The minimum Gasteiger partial charge on any atom is -0.478 e. The van der Waals surface area contributed by atoms with Crippen molar-refractivity contribution < 1.29 is 23.8 Å². The van der Waals surface area contributed by atoms with Crippen molar-refractivity contribution in [2.75, 3.05) is 13.8 Å². The minimum absolute atomic E-state index is 0.185. The van der Waals surface area contributed by atoms with Gasteiger partial charge in [-0.25, -0.2) is 4.79 Å². The van der Waals surface area contributed by atoms with Gasteiger partial charge in [-0.1, -0.05) is 41.4 Å². The molecule has 0 amide bonds. The molecule has 6 nitrogen and oxygen atoms in total. The number of Topliss-reactive ketones (excluding diaryl/α,β-unsaturated/α-hetero) is 1. The Bertz CT molecular complexity index is 1380. The first kappa shape index (κ1) is 23.4. The maximum atomic E-state index is 13.2. The van der Waals surface area contributed by atoms with Gasteiger partial charge >= 0.3 is 5.97 Å². The molecule has 0 bridgehead atoms. The van der Waals surface area contributed by atoms with Gasteiger partial charge in [0.1, 0.15) is 18.2 Å². The minimum atomic E-state index is -0.420. The van der Waals surface area contributed by atoms with Crippen LogP contribution in [-0.2, 0) is 17.8 Å². The van der Waals surface area contributed by atoms with Gasteiger partial charge in [0.25, 0.3) is 0 Å². The summed E-state index contributed by atoms with van der Waals surface area (Å²) >= 11 is 12.4. The van der Waals surface area contributed by atoms with Crippen LogP contribution in [0, 0.1) is 6.92 Å². The SMILES string of the molecule is COC(=O)c1ccc(/C=C2\Oc3c4c(cc(C)c3C2=O)OCN(Cc2ccc(Cl)cc2Cl)C4)cc1. The second-order valence-corrected chi connectivity index (χ2v) is 9.27. The third kappa shape index (κ3) is 4.52. The second kappa shape index (κ2) is 9.38. The molecule has 0 unspecified atom stereocenters. The molecule has 0 aliphatic carbocycles. The Morgan fingerprint density at radius 2 is 1.91 bits per heavy atom. The van der Waals surface area contributed by atoms with Gasteiger partial charge in [0.15, 0.2) is 5.76 Å². The number of rotatable bonds is 4. The third-order valence-corrected chi connectivity index (χ3v) is 6.61. The van der Waals surface area contributed by atoms with E-state index in [9.17, 15) is 9.59 Å². The van der Waals surface area contributed by atoms with Crippen molar-refractivity contribution in [3.05, 3.63) is 97.7 Å². The van der Waals surface area contributed by atoms with Crippen LogP contribution in [0.3, 0.4) is 0 Å². The van der Waals surface area contributed by atoms with Gasteiger partial charge in [0.2, 0.25) is 5.78 Å². The fourth-order valence-electron chi connectivity index (χ4n) is 4.25. The van der Waals surface area contributed by atoms with Crippen molar-refractivity contribution in [3.63, 3.8) is 0 Å². The van der Waals surface area contributed by atoms with Crippen LogP contribution in [-0.4, -0.2) is 30.5 Å². The van der Waals surface area contributed by atoms with E-state index in [-0.39, 0.29) is 11.5 Å². The first-order valence-corrected chi connectivity index (χ1v) is 11.7. The molecule has 0 radical (unpaired) electrons. The Morgan fingerprint density at radius 1 is 1.14 bits per heavy atom. The Morgan fingerprint density at radius 3 is 2.63 bits per heavy atom. The molecule has 3 aromatic carbocycles. The molecule has 2 heterocycles. The molecule has 2 aliphatic heterocycles. The van der Waals surface area contributed by atoms with Gasteiger partial charge in [-0.2, -0.15) is 0 Å². The van der Waals surface area contributed by atoms with Crippen molar-refractivity contribution in [2.24, 2.45) is 0 Å². The largest absolute Gasteiger partial charge is 0.478 e. The number of hydrogen-bond donors (Lipinski definition) is 0. The fraction of sp³-hybridized carbons (Fsp3) is 0.185. The number of carbonyl (C=O) groups excluding carboxylic acids is 2. The maximum absolute atomic E-state index is 13.2. The summed E-state index contributed by atoms with van der Waals surface area (Å²) in [6, 6.07) is 14.1. The molecule has 0 spiro atoms. The molecule has 0 N–H and O–H groups in total. The summed E-state index contributed by atoms with van der Waals surface area (Å²) < 4.78 is 16.9. The summed E-state index contributed by atoms with van der Waals surface area (Å²) in [6.45, 7) is 3.34. The number of esters is 1. The quantitative estimate of drug-likeness (QED) is 0.314. The zero-order valence-electron chi connectivity index (χ0n) is 19.1. The average molecular weight is 510 g/mol. The summed E-state index contributed by atoms with van der Waals surface area (Å²) in [6.07, 6.45) is 1.67. The molecule has 2 aliphatic rings. The van der Waals surface area contributed by atoms with E-state index < -0.39 is 5.97 Å². The number of fused-ring (bicyclic) bond motifs is 3. The zero-order valence-corrected chi connectivity index (χ0v) is 20.6. The van der Waals surface area contributed by atoms with E-state index in [1.807, 2.05) is 19.1 Å². The second-order valence-electron chi connectivity index (χ2n) is 8.42. The number of halogens is 2. The number of ether oxygens (including phenoxy) is 3. The molecule has 0 fully saturated rings. The van der Waals surface area contributed by atoms with Crippen LogP contribution < -0.4 is 9.47 Å². The van der Waals surface area contributed by atoms with Crippen molar-refractivity contribution in [1.29, 1.82) is 0 Å². The van der Waals surface area contributed by atoms with Crippen LogP contribution in [0.15, 0.2) is 54.3 Å². The van der Waals surface area contributed by atoms with Crippen LogP contribution in [0.4, 0.5) is 0 Å². The van der Waals surface area contributed by atoms with Gasteiger partial charge in [-0.3, -0.25) is 9.69 Å². The van der Waals surface area contributed by atoms with Gasteiger partial charge in [-0.15, -0.1) is 0 Å². The molecule has 5 rings (SSSR count). The zero-order chi connectivity index (χ0) is 24.7. The predicted octanol–water partition coefficient (Wildman–Crippen LogP) is 6.06. The van der Waals surface area contributed by atoms with Crippen molar-refractivity contribution in [2.45, 2.75) is 20.0 Å². The van der Waals surface area contributed by atoms with E-state index in [2.05, 4.69) is 4.90 Å². The van der Waals surface area contributed by atoms with E-state index in [4.69, 9.17) is 37.4 Å². The number of aryl methyl sites for hydroxylation is 1. The molecular formula is C27H21Cl2NO5. The van der Waals surface area contributed by atoms with Crippen molar-refractivity contribution in [1.82, 2.24) is 4.90 Å². The maximum Gasteiger partial charge on any atom is 0.337 e. The Balaban J connectivity index is 1.42. The topological polar surface area (TPSA) is 65.1 Å². The molecule has 0 saturated heterocycles. The molecule has 178 valence electrons. The molecule has 35 heavy (non-hydrogen) atoms. The van der Waals surface area contributed by atoms with E-state index in [1.54, 1.807) is 42.5 Å². The summed E-state index contributed by atoms with van der Waals surface area (Å²) in [4.78, 5) is 27.0. The smallest absolute Gasteiger partial charge is 0.337 e. The lowest BCUT2D eigenvalue weighted by Crippen LogP contribution is -2.32. The third-order valence-electron chi connectivity index (χ3n) is 6.03. The standard InChI is InChI=1S/C27H21Cl2NO5/c1-15-9-22-20(13-30(14-34-22)12-18-7-8-19(28)11-21(18)29)26-24(15)25(31)23(35-26)10-16-3-5-17(6-4-16)27(32)33-2/h3-11H,12-14H2,1-2H3/b23-10-. The van der Waals surface area contributed by atoms with E-state index in [0.29, 0.717) is 52.5 Å². The van der Waals surface area contributed by atoms with Crippen LogP contribution >= 0.6 is 23.2 Å². The molecular weight excluding hydrogens is 489 g/mol. The summed E-state index contributed by atoms with van der Waals surface area (Å²) in [5.74, 6) is 0.845. The predicted molar refractivity (Wildman–Crippen MR) is 133 cm³/mol. The highest BCUT2D eigenvalue weighted by Gasteiger charge is 2.35. The van der Waals surface area contributed by atoms with Gasteiger partial charge in [0.05, 0.1) is 23.8 Å². The van der Waals surface area contributed by atoms with Crippen LogP contribution in [0.25, 0.3) is 6.08 Å². The highest BCUT2D eigenvalue weighted by Crippen LogP contribution is 2.44. The normalized spacial score (nSPS) is 15.9. The van der Waals surface area contributed by atoms with E-state index in [0.717, 1.165) is 22.3 Å². The van der Waals surface area contributed by atoms with Crippen LogP contribution in [0.2, 0.25) is 10.0 Å². The number of hydrogen-bond acceptors (Lipinski definition) is 6. The fourth-order valence-corrected chi connectivity index (χ4v) is 4.72. The number of allylic oxidation sites excluding steroid dienone is 1. The summed E-state index contributed by atoms with van der Waals surface area (Å²) in [5, 5.41) is 1.17. The molecule has 8 heteroatoms. The molecule has 3 aromatic rings. The van der Waals surface area contributed by atoms with Crippen molar-refractivity contribution >= 4 is 41.0 Å². The Hall–Kier alpha value is -3.32. The summed E-state index contributed by atoms with van der Waals surface area (Å²) in [7, 11) is 1.33. The Kier molecular flexibility index (Phi) is 6.28. The number of methoxy groups -OCH3 is 1. The van der Waals surface area contributed by atoms with E-state index in [1.165, 1.54) is 7.11 Å². The number of ketones is 1. The number of carbonyl (C=O) groups is 2. The van der Waals surface area contributed by atoms with E-state index >= 15 is 0 Å².